The molecule has 3 rings (SSSR count). The van der Waals surface area contributed by atoms with E-state index in [1.165, 1.54) is 12.8 Å². The van der Waals surface area contributed by atoms with Crippen molar-refractivity contribution in [2.45, 2.75) is 32.4 Å². The van der Waals surface area contributed by atoms with Gasteiger partial charge in [-0.15, -0.1) is 5.10 Å². The van der Waals surface area contributed by atoms with Gasteiger partial charge in [0.1, 0.15) is 6.54 Å². The predicted octanol–water partition coefficient (Wildman–Crippen LogP) is 0.0100. The van der Waals surface area contributed by atoms with Crippen LogP contribution in [-0.2, 0) is 17.9 Å². The number of nitrogens with zero attached hydrogens (tertiary/aromatic N) is 4. The Labute approximate surface area is 106 Å². The Hall–Kier alpha value is -1.43. The van der Waals surface area contributed by atoms with E-state index in [1.54, 1.807) is 4.68 Å². The first-order valence-electron chi connectivity index (χ1n) is 6.69. The summed E-state index contributed by atoms with van der Waals surface area (Å²) in [6.45, 7) is 3.91. The van der Waals surface area contributed by atoms with Crippen LogP contribution in [0.5, 0.6) is 0 Å². The molecule has 2 heterocycles. The number of aromatic nitrogens is 3. The number of likely N-dealkylation sites (tertiary alicyclic amines) is 1. The molecule has 2 aliphatic rings. The molecule has 6 nitrogen and oxygen atoms in total. The van der Waals surface area contributed by atoms with Crippen LogP contribution < -0.4 is 5.32 Å². The van der Waals surface area contributed by atoms with Gasteiger partial charge in [0.15, 0.2) is 0 Å². The third kappa shape index (κ3) is 2.87. The molecule has 1 aromatic heterocycles. The molecular weight excluding hydrogens is 230 g/mol. The van der Waals surface area contributed by atoms with Gasteiger partial charge in [0.2, 0.25) is 5.91 Å². The molecule has 1 aromatic rings. The lowest BCUT2D eigenvalue weighted by molar-refractivity contribution is -0.135. The number of hydrogen-bond acceptors (Lipinski definition) is 4. The zero-order valence-corrected chi connectivity index (χ0v) is 10.5. The highest BCUT2D eigenvalue weighted by molar-refractivity contribution is 5.76. The second-order valence-electron chi connectivity index (χ2n) is 5.22. The quantitative estimate of drug-likeness (QED) is 0.771. The third-order valence-electron chi connectivity index (χ3n) is 3.53. The largest absolute Gasteiger partial charge is 0.341 e. The molecule has 0 atom stereocenters. The number of carbonyl (C=O) groups is 1. The summed E-state index contributed by atoms with van der Waals surface area (Å²) in [7, 11) is 0. The van der Waals surface area contributed by atoms with Gasteiger partial charge >= 0.3 is 0 Å². The van der Waals surface area contributed by atoms with Crippen molar-refractivity contribution < 1.29 is 4.79 Å². The van der Waals surface area contributed by atoms with Crippen LogP contribution in [0.1, 0.15) is 25.0 Å². The molecule has 18 heavy (non-hydrogen) atoms. The Bertz CT molecular complexity index is 422. The lowest BCUT2D eigenvalue weighted by atomic mass is 10.2. The fourth-order valence-electron chi connectivity index (χ4n) is 2.03. The minimum atomic E-state index is 0.142. The monoisotopic (exact) mass is 249 g/mol. The SMILES string of the molecule is O=C(Cn1cc(CNCC2CC2)nn1)N1CCC1. The Morgan fingerprint density at radius 2 is 2.28 bits per heavy atom. The van der Waals surface area contributed by atoms with E-state index in [4.69, 9.17) is 0 Å². The van der Waals surface area contributed by atoms with Gasteiger partial charge in [-0.3, -0.25) is 4.79 Å². The van der Waals surface area contributed by atoms with Crippen LogP contribution in [0.15, 0.2) is 6.20 Å². The molecule has 1 N–H and O–H groups in total. The molecule has 98 valence electrons. The lowest BCUT2D eigenvalue weighted by Crippen LogP contribution is -2.43. The van der Waals surface area contributed by atoms with Gasteiger partial charge in [-0.1, -0.05) is 5.21 Å². The van der Waals surface area contributed by atoms with Crippen LogP contribution in [0.25, 0.3) is 0 Å². The van der Waals surface area contributed by atoms with Crippen molar-refractivity contribution in [2.24, 2.45) is 5.92 Å². The summed E-state index contributed by atoms with van der Waals surface area (Å²) in [5.41, 5.74) is 0.909. The smallest absolute Gasteiger partial charge is 0.244 e. The number of nitrogens with one attached hydrogen (secondary N) is 1. The van der Waals surface area contributed by atoms with E-state index < -0.39 is 0 Å². The average molecular weight is 249 g/mol. The van der Waals surface area contributed by atoms with Crippen molar-refractivity contribution >= 4 is 5.91 Å². The lowest BCUT2D eigenvalue weighted by Gasteiger charge is -2.30. The van der Waals surface area contributed by atoms with E-state index in [0.29, 0.717) is 6.54 Å². The zero-order chi connectivity index (χ0) is 12.4. The average Bonchev–Trinajstić information content (AvgIpc) is 2.97. The van der Waals surface area contributed by atoms with E-state index in [0.717, 1.165) is 44.2 Å². The minimum absolute atomic E-state index is 0.142. The molecule has 0 spiro atoms. The van der Waals surface area contributed by atoms with Crippen LogP contribution >= 0.6 is 0 Å². The summed E-state index contributed by atoms with van der Waals surface area (Å²) in [5.74, 6) is 1.01. The second-order valence-corrected chi connectivity index (χ2v) is 5.22. The number of hydrogen-bond donors (Lipinski definition) is 1. The minimum Gasteiger partial charge on any atom is -0.341 e. The highest BCUT2D eigenvalue weighted by Crippen LogP contribution is 2.27. The van der Waals surface area contributed by atoms with Gasteiger partial charge in [0, 0.05) is 19.6 Å². The van der Waals surface area contributed by atoms with Gasteiger partial charge in [-0.05, 0) is 31.7 Å². The van der Waals surface area contributed by atoms with Crippen LogP contribution in [-0.4, -0.2) is 45.4 Å². The standard InChI is InChI=1S/C12H19N5O/c18-12(16-4-1-5-16)9-17-8-11(14-15-17)7-13-6-10-2-3-10/h8,10,13H,1-7,9H2. The molecule has 2 fully saturated rings. The summed E-state index contributed by atoms with van der Waals surface area (Å²) >= 11 is 0. The summed E-state index contributed by atoms with van der Waals surface area (Å²) in [5, 5.41) is 11.4. The summed E-state index contributed by atoms with van der Waals surface area (Å²) in [4.78, 5) is 13.6. The molecule has 1 aliphatic heterocycles. The second kappa shape index (κ2) is 5.06. The first-order valence-corrected chi connectivity index (χ1v) is 6.69. The normalized spacial score (nSPS) is 18.8. The van der Waals surface area contributed by atoms with Crippen LogP contribution in [0.3, 0.4) is 0 Å². The molecule has 0 radical (unpaired) electrons. The van der Waals surface area contributed by atoms with Crippen molar-refractivity contribution in [2.75, 3.05) is 19.6 Å². The maximum Gasteiger partial charge on any atom is 0.244 e. The number of carbonyl (C=O) groups excluding carboxylic acids is 1. The van der Waals surface area contributed by atoms with Gasteiger partial charge < -0.3 is 10.2 Å². The molecule has 1 saturated heterocycles. The number of amides is 1. The molecular formula is C12H19N5O. The zero-order valence-electron chi connectivity index (χ0n) is 10.5. The van der Waals surface area contributed by atoms with E-state index >= 15 is 0 Å². The highest BCUT2D eigenvalue weighted by atomic mass is 16.2. The summed E-state index contributed by atoms with van der Waals surface area (Å²) in [6.07, 6.45) is 5.69. The Balaban J connectivity index is 1.44. The first kappa shape index (κ1) is 11.6. The van der Waals surface area contributed by atoms with Crippen LogP contribution in [0.2, 0.25) is 0 Å². The van der Waals surface area contributed by atoms with Crippen molar-refractivity contribution in [3.8, 4) is 0 Å². The van der Waals surface area contributed by atoms with Crippen molar-refractivity contribution in [1.29, 1.82) is 0 Å². The van der Waals surface area contributed by atoms with Crippen LogP contribution in [0.4, 0.5) is 0 Å². The predicted molar refractivity (Wildman–Crippen MR) is 65.6 cm³/mol. The Morgan fingerprint density at radius 3 is 2.94 bits per heavy atom. The van der Waals surface area contributed by atoms with Gasteiger partial charge in [0.25, 0.3) is 0 Å². The molecule has 1 saturated carbocycles. The topological polar surface area (TPSA) is 63.1 Å². The maximum atomic E-state index is 11.7. The van der Waals surface area contributed by atoms with Crippen LogP contribution in [0, 0.1) is 5.92 Å². The van der Waals surface area contributed by atoms with E-state index in [9.17, 15) is 4.79 Å². The highest BCUT2D eigenvalue weighted by Gasteiger charge is 2.21. The van der Waals surface area contributed by atoms with Crippen molar-refractivity contribution in [3.63, 3.8) is 0 Å². The summed E-state index contributed by atoms with van der Waals surface area (Å²) in [6, 6.07) is 0. The Kier molecular flexibility index (Phi) is 3.27. The molecule has 6 heteroatoms. The fourth-order valence-corrected chi connectivity index (χ4v) is 2.03. The van der Waals surface area contributed by atoms with Crippen molar-refractivity contribution in [3.05, 3.63) is 11.9 Å². The summed E-state index contributed by atoms with van der Waals surface area (Å²) < 4.78 is 1.63. The van der Waals surface area contributed by atoms with E-state index in [-0.39, 0.29) is 5.91 Å². The Morgan fingerprint density at radius 1 is 1.44 bits per heavy atom. The third-order valence-corrected chi connectivity index (χ3v) is 3.53. The number of rotatable bonds is 6. The fraction of sp³-hybridized carbons (Fsp3) is 0.750. The molecule has 1 aliphatic carbocycles. The maximum absolute atomic E-state index is 11.7. The van der Waals surface area contributed by atoms with Crippen molar-refractivity contribution in [1.82, 2.24) is 25.2 Å². The molecule has 0 bridgehead atoms. The molecule has 1 amide bonds. The van der Waals surface area contributed by atoms with Gasteiger partial charge in [-0.25, -0.2) is 4.68 Å². The van der Waals surface area contributed by atoms with E-state index in [2.05, 4.69) is 15.6 Å². The molecule has 0 unspecified atom stereocenters. The van der Waals surface area contributed by atoms with Gasteiger partial charge in [0.05, 0.1) is 11.9 Å². The molecule has 0 aromatic carbocycles. The van der Waals surface area contributed by atoms with Gasteiger partial charge in [-0.2, -0.15) is 0 Å². The first-order chi connectivity index (χ1) is 8.81. The van der Waals surface area contributed by atoms with E-state index in [1.807, 2.05) is 11.1 Å².